The number of hydrogen-bond acceptors (Lipinski definition) is 4. The first kappa shape index (κ1) is 13.4. The highest BCUT2D eigenvalue weighted by atomic mass is 16.2. The number of imide groups is 1. The van der Waals surface area contributed by atoms with Crippen LogP contribution in [0.1, 0.15) is 26.2 Å². The maximum absolute atomic E-state index is 12.6. The number of nitrogens with zero attached hydrogens (tertiary/aromatic N) is 1. The first-order chi connectivity index (χ1) is 9.45. The number of carbonyl (C=O) groups is 3. The van der Waals surface area contributed by atoms with Crippen LogP contribution in [0.4, 0.5) is 4.79 Å². The summed E-state index contributed by atoms with van der Waals surface area (Å²) in [5, 5.41) is 8.21. The second-order valence-corrected chi connectivity index (χ2v) is 6.27. The molecule has 0 aromatic carbocycles. The van der Waals surface area contributed by atoms with Gasteiger partial charge in [-0.25, -0.2) is 4.79 Å². The maximum atomic E-state index is 12.6. The molecule has 0 aromatic heterocycles. The normalized spacial score (nSPS) is 32.4. The Morgan fingerprint density at radius 1 is 1.20 bits per heavy atom. The number of amides is 4. The monoisotopic (exact) mass is 280 g/mol. The van der Waals surface area contributed by atoms with E-state index in [0.29, 0.717) is 32.5 Å². The molecule has 1 unspecified atom stereocenters. The van der Waals surface area contributed by atoms with Crippen molar-refractivity contribution in [3.63, 3.8) is 0 Å². The maximum Gasteiger partial charge on any atom is 0.322 e. The average molecular weight is 280 g/mol. The van der Waals surface area contributed by atoms with E-state index < -0.39 is 11.6 Å². The zero-order chi connectivity index (χ0) is 14.4. The van der Waals surface area contributed by atoms with Gasteiger partial charge >= 0.3 is 6.03 Å². The number of urea groups is 1. The molecule has 0 radical (unpaired) electrons. The lowest BCUT2D eigenvalue weighted by atomic mass is 9.84. The Kier molecular flexibility index (Phi) is 2.97. The van der Waals surface area contributed by atoms with E-state index in [9.17, 15) is 14.4 Å². The molecule has 0 bridgehead atoms. The molecule has 3 rings (SSSR count). The molecule has 0 aliphatic carbocycles. The first-order valence-electron chi connectivity index (χ1n) is 7.09. The number of nitrogens with one attached hydrogen (secondary N) is 3. The topological polar surface area (TPSA) is 90.5 Å². The summed E-state index contributed by atoms with van der Waals surface area (Å²) in [5.41, 5.74) is -1.13. The third-order valence-corrected chi connectivity index (χ3v) is 4.80. The zero-order valence-corrected chi connectivity index (χ0v) is 11.6. The van der Waals surface area contributed by atoms with Crippen molar-refractivity contribution in [1.29, 1.82) is 0 Å². The lowest BCUT2D eigenvalue weighted by molar-refractivity contribution is -0.143. The Morgan fingerprint density at radius 2 is 1.90 bits per heavy atom. The highest BCUT2D eigenvalue weighted by Gasteiger charge is 2.50. The van der Waals surface area contributed by atoms with Gasteiger partial charge in [0.05, 0.1) is 5.41 Å². The number of hydrogen-bond donors (Lipinski definition) is 3. The van der Waals surface area contributed by atoms with Gasteiger partial charge in [0, 0.05) is 19.6 Å². The molecular weight excluding hydrogens is 260 g/mol. The number of likely N-dealkylation sites (tertiary alicyclic amines) is 1. The van der Waals surface area contributed by atoms with Crippen molar-refractivity contribution in [1.82, 2.24) is 20.9 Å². The van der Waals surface area contributed by atoms with E-state index in [1.165, 1.54) is 0 Å². The third-order valence-electron chi connectivity index (χ3n) is 4.80. The van der Waals surface area contributed by atoms with Crippen LogP contribution in [0.3, 0.4) is 0 Å². The quantitative estimate of drug-likeness (QED) is 0.548. The number of carbonyl (C=O) groups excluding carboxylic acids is 3. The average Bonchev–Trinajstić information content (AvgIpc) is 2.96. The lowest BCUT2D eigenvalue weighted by Gasteiger charge is -2.40. The Bertz CT molecular complexity index is 462. The molecule has 3 N–H and O–H groups in total. The van der Waals surface area contributed by atoms with E-state index in [1.54, 1.807) is 0 Å². The van der Waals surface area contributed by atoms with Gasteiger partial charge in [-0.15, -0.1) is 0 Å². The van der Waals surface area contributed by atoms with Crippen LogP contribution in [0.2, 0.25) is 0 Å². The van der Waals surface area contributed by atoms with Gasteiger partial charge in [-0.05, 0) is 32.7 Å². The standard InChI is InChI=1S/C13H20N4O3/c1-12(2-5-14-8-12)10(19)17-6-3-13(4-7-17)9(18)15-11(20)16-13/h14H,2-8H2,1H3,(H2,15,16,18,20). The zero-order valence-electron chi connectivity index (χ0n) is 11.6. The summed E-state index contributed by atoms with van der Waals surface area (Å²) < 4.78 is 0. The fourth-order valence-electron chi connectivity index (χ4n) is 3.35. The second kappa shape index (κ2) is 4.44. The summed E-state index contributed by atoms with van der Waals surface area (Å²) in [6, 6.07) is -0.429. The van der Waals surface area contributed by atoms with Gasteiger partial charge in [-0.2, -0.15) is 0 Å². The van der Waals surface area contributed by atoms with E-state index in [4.69, 9.17) is 0 Å². The minimum absolute atomic E-state index is 0.155. The molecule has 3 aliphatic rings. The van der Waals surface area contributed by atoms with Crippen molar-refractivity contribution in [2.45, 2.75) is 31.7 Å². The molecule has 0 aromatic rings. The Balaban J connectivity index is 1.65. The molecule has 3 aliphatic heterocycles. The van der Waals surface area contributed by atoms with Gasteiger partial charge in [-0.3, -0.25) is 14.9 Å². The van der Waals surface area contributed by atoms with Crippen LogP contribution in [0.15, 0.2) is 0 Å². The largest absolute Gasteiger partial charge is 0.342 e. The molecule has 4 amide bonds. The molecule has 1 spiro atoms. The van der Waals surface area contributed by atoms with Gasteiger partial charge < -0.3 is 15.5 Å². The van der Waals surface area contributed by atoms with Gasteiger partial charge in [0.15, 0.2) is 0 Å². The number of rotatable bonds is 1. The Hall–Kier alpha value is -1.63. The predicted molar refractivity (Wildman–Crippen MR) is 70.8 cm³/mol. The Labute approximate surface area is 117 Å². The van der Waals surface area contributed by atoms with E-state index in [0.717, 1.165) is 13.0 Å². The molecule has 110 valence electrons. The van der Waals surface area contributed by atoms with Crippen molar-refractivity contribution < 1.29 is 14.4 Å². The molecule has 1 atom stereocenters. The summed E-state index contributed by atoms with van der Waals surface area (Å²) in [6.45, 7) is 4.61. The van der Waals surface area contributed by atoms with Crippen LogP contribution in [0.5, 0.6) is 0 Å². The highest BCUT2D eigenvalue weighted by Crippen LogP contribution is 2.31. The van der Waals surface area contributed by atoms with E-state index >= 15 is 0 Å². The minimum atomic E-state index is -0.803. The van der Waals surface area contributed by atoms with Crippen molar-refractivity contribution in [3.05, 3.63) is 0 Å². The summed E-state index contributed by atoms with van der Waals surface area (Å²) >= 11 is 0. The van der Waals surface area contributed by atoms with Crippen molar-refractivity contribution in [2.24, 2.45) is 5.41 Å². The minimum Gasteiger partial charge on any atom is -0.342 e. The molecule has 7 nitrogen and oxygen atoms in total. The van der Waals surface area contributed by atoms with Crippen molar-refractivity contribution >= 4 is 17.8 Å². The van der Waals surface area contributed by atoms with Crippen LogP contribution >= 0.6 is 0 Å². The first-order valence-corrected chi connectivity index (χ1v) is 7.09. The molecule has 3 fully saturated rings. The lowest BCUT2D eigenvalue weighted by Crippen LogP contribution is -2.57. The van der Waals surface area contributed by atoms with Gasteiger partial charge in [-0.1, -0.05) is 0 Å². The van der Waals surface area contributed by atoms with E-state index in [1.807, 2.05) is 11.8 Å². The molecule has 3 heterocycles. The van der Waals surface area contributed by atoms with Gasteiger partial charge in [0.25, 0.3) is 5.91 Å². The highest BCUT2D eigenvalue weighted by molar-refractivity contribution is 6.07. The molecule has 7 heteroatoms. The summed E-state index contributed by atoms with van der Waals surface area (Å²) in [4.78, 5) is 37.5. The Morgan fingerprint density at radius 3 is 2.40 bits per heavy atom. The van der Waals surface area contributed by atoms with Crippen molar-refractivity contribution in [2.75, 3.05) is 26.2 Å². The fraction of sp³-hybridized carbons (Fsp3) is 0.769. The molecular formula is C13H20N4O3. The summed E-state index contributed by atoms with van der Waals surface area (Å²) in [6.07, 6.45) is 1.82. The SMILES string of the molecule is CC1(C(=O)N2CCC3(CC2)NC(=O)NC3=O)CCNC1. The van der Waals surface area contributed by atoms with Gasteiger partial charge in [0.2, 0.25) is 5.91 Å². The molecule has 3 saturated heterocycles. The summed E-state index contributed by atoms with van der Waals surface area (Å²) in [5.74, 6) is -0.106. The third kappa shape index (κ3) is 1.96. The van der Waals surface area contributed by atoms with Crippen LogP contribution < -0.4 is 16.0 Å². The predicted octanol–water partition coefficient (Wildman–Crippen LogP) is -0.813. The summed E-state index contributed by atoms with van der Waals surface area (Å²) in [7, 11) is 0. The molecule has 20 heavy (non-hydrogen) atoms. The fourth-order valence-corrected chi connectivity index (χ4v) is 3.35. The van der Waals surface area contributed by atoms with Crippen LogP contribution in [0, 0.1) is 5.41 Å². The van der Waals surface area contributed by atoms with Crippen LogP contribution in [-0.4, -0.2) is 54.5 Å². The van der Waals surface area contributed by atoms with Gasteiger partial charge in [0.1, 0.15) is 5.54 Å². The molecule has 0 saturated carbocycles. The second-order valence-electron chi connectivity index (χ2n) is 6.27. The van der Waals surface area contributed by atoms with E-state index in [2.05, 4.69) is 16.0 Å². The van der Waals surface area contributed by atoms with Crippen molar-refractivity contribution in [3.8, 4) is 0 Å². The smallest absolute Gasteiger partial charge is 0.322 e. The van der Waals surface area contributed by atoms with Crippen LogP contribution in [0.25, 0.3) is 0 Å². The number of piperidine rings is 1. The van der Waals surface area contributed by atoms with Crippen LogP contribution in [-0.2, 0) is 9.59 Å². The van der Waals surface area contributed by atoms with E-state index in [-0.39, 0.29) is 17.2 Å².